The van der Waals surface area contributed by atoms with Gasteiger partial charge in [0.05, 0.1) is 19.2 Å². The van der Waals surface area contributed by atoms with Gasteiger partial charge in [-0.15, -0.1) is 0 Å². The number of benzene rings is 1. The average Bonchev–Trinajstić information content (AvgIpc) is 3.22. The molecule has 2 aliphatic heterocycles. The fourth-order valence-corrected chi connectivity index (χ4v) is 4.46. The highest BCUT2D eigenvalue weighted by Crippen LogP contribution is 2.25. The molecular formula is C23H37N5O2. The maximum atomic E-state index is 12.4. The number of carbonyl (C=O) groups excluding carboxylic acids is 1. The molecule has 166 valence electrons. The largest absolute Gasteiger partial charge is 0.370 e. The van der Waals surface area contributed by atoms with E-state index in [4.69, 9.17) is 4.74 Å². The summed E-state index contributed by atoms with van der Waals surface area (Å²) in [6, 6.07) is 8.48. The Morgan fingerprint density at radius 2 is 2.10 bits per heavy atom. The number of nitrogens with zero attached hydrogens (tertiary/aromatic N) is 4. The van der Waals surface area contributed by atoms with Crippen molar-refractivity contribution in [3.8, 4) is 0 Å². The van der Waals surface area contributed by atoms with E-state index in [-0.39, 0.29) is 18.1 Å². The van der Waals surface area contributed by atoms with E-state index in [2.05, 4.69) is 51.3 Å². The van der Waals surface area contributed by atoms with Gasteiger partial charge < -0.3 is 19.9 Å². The third-order valence-corrected chi connectivity index (χ3v) is 6.11. The Balaban J connectivity index is 1.48. The molecule has 1 amide bonds. The van der Waals surface area contributed by atoms with Gasteiger partial charge >= 0.3 is 0 Å². The molecule has 1 N–H and O–H groups in total. The van der Waals surface area contributed by atoms with Gasteiger partial charge in [-0.3, -0.25) is 14.7 Å². The normalized spacial score (nSPS) is 22.9. The van der Waals surface area contributed by atoms with E-state index >= 15 is 0 Å². The Hall–Kier alpha value is -2.12. The fraction of sp³-hybridized carbons (Fsp3) is 0.652. The smallest absolute Gasteiger partial charge is 0.239 e. The summed E-state index contributed by atoms with van der Waals surface area (Å²) < 4.78 is 6.05. The van der Waals surface area contributed by atoms with Gasteiger partial charge in [0.1, 0.15) is 6.10 Å². The van der Waals surface area contributed by atoms with Crippen molar-refractivity contribution in [1.82, 2.24) is 20.0 Å². The average molecular weight is 416 g/mol. The number of aliphatic imine (C=N–C) groups is 1. The van der Waals surface area contributed by atoms with Crippen LogP contribution in [-0.2, 0) is 9.53 Å². The number of carbonyl (C=O) groups is 1. The summed E-state index contributed by atoms with van der Waals surface area (Å²) in [5, 5.41) is 3.51. The Bertz CT molecular complexity index is 736. The molecule has 7 heteroatoms. The van der Waals surface area contributed by atoms with E-state index < -0.39 is 0 Å². The number of rotatable bonds is 6. The molecule has 2 aliphatic rings. The third-order valence-electron chi connectivity index (χ3n) is 6.11. The lowest BCUT2D eigenvalue weighted by atomic mass is 10.0. The number of likely N-dealkylation sites (tertiary alicyclic amines) is 1. The first-order valence-corrected chi connectivity index (χ1v) is 11.1. The maximum absolute atomic E-state index is 12.4. The second-order valence-electron chi connectivity index (χ2n) is 8.42. The van der Waals surface area contributed by atoms with E-state index in [9.17, 15) is 4.79 Å². The molecule has 0 aliphatic carbocycles. The molecule has 2 atom stereocenters. The first-order chi connectivity index (χ1) is 14.5. The van der Waals surface area contributed by atoms with Crippen molar-refractivity contribution in [2.45, 2.75) is 38.3 Å². The molecule has 0 saturated carbocycles. The molecule has 3 rings (SSSR count). The minimum Gasteiger partial charge on any atom is -0.370 e. The second kappa shape index (κ2) is 10.8. The predicted molar refractivity (Wildman–Crippen MR) is 121 cm³/mol. The third kappa shape index (κ3) is 5.52. The number of nitrogens with one attached hydrogen (secondary N) is 1. The minimum atomic E-state index is 0.0495. The molecule has 7 nitrogen and oxygen atoms in total. The van der Waals surface area contributed by atoms with Crippen LogP contribution in [0.4, 0.5) is 0 Å². The van der Waals surface area contributed by atoms with Crippen molar-refractivity contribution < 1.29 is 9.53 Å². The van der Waals surface area contributed by atoms with Crippen molar-refractivity contribution >= 4 is 11.9 Å². The first kappa shape index (κ1) is 22.6. The summed E-state index contributed by atoms with van der Waals surface area (Å²) in [5.74, 6) is 1.16. The minimum absolute atomic E-state index is 0.0495. The molecule has 2 heterocycles. The summed E-state index contributed by atoms with van der Waals surface area (Å²) in [6.07, 6.45) is 3.14. The highest BCUT2D eigenvalue weighted by molar-refractivity contribution is 5.81. The molecule has 0 spiro atoms. The topological polar surface area (TPSA) is 60.4 Å². The lowest BCUT2D eigenvalue weighted by Gasteiger charge is -2.36. The number of morpholine rings is 1. The van der Waals surface area contributed by atoms with E-state index in [1.54, 1.807) is 4.90 Å². The lowest BCUT2D eigenvalue weighted by Crippen LogP contribution is -2.49. The van der Waals surface area contributed by atoms with Crippen molar-refractivity contribution in [2.75, 3.05) is 60.5 Å². The second-order valence-corrected chi connectivity index (χ2v) is 8.42. The zero-order valence-electron chi connectivity index (χ0n) is 18.9. The van der Waals surface area contributed by atoms with Crippen LogP contribution in [0.5, 0.6) is 0 Å². The van der Waals surface area contributed by atoms with Crippen LogP contribution in [0.2, 0.25) is 0 Å². The van der Waals surface area contributed by atoms with Crippen LogP contribution < -0.4 is 5.32 Å². The van der Waals surface area contributed by atoms with Crippen LogP contribution in [-0.4, -0.2) is 93.1 Å². The molecule has 0 bridgehead atoms. The number of guanidine groups is 1. The van der Waals surface area contributed by atoms with Crippen LogP contribution in [0.1, 0.15) is 36.5 Å². The highest BCUT2D eigenvalue weighted by Gasteiger charge is 2.31. The Morgan fingerprint density at radius 3 is 2.83 bits per heavy atom. The SMILES string of the molecule is CN=C(NCCCN1CCCC1C(=O)N(C)C)N1CCOC(c2ccccc2C)C1. The molecule has 2 fully saturated rings. The summed E-state index contributed by atoms with van der Waals surface area (Å²) in [4.78, 5) is 23.2. The highest BCUT2D eigenvalue weighted by atomic mass is 16.5. The van der Waals surface area contributed by atoms with Crippen LogP contribution >= 0.6 is 0 Å². The van der Waals surface area contributed by atoms with Crippen LogP contribution in [0.15, 0.2) is 29.3 Å². The van der Waals surface area contributed by atoms with E-state index in [0.717, 1.165) is 57.9 Å². The molecule has 0 aromatic heterocycles. The van der Waals surface area contributed by atoms with Crippen LogP contribution in [0, 0.1) is 6.92 Å². The number of likely N-dealkylation sites (N-methyl/N-ethyl adjacent to an activating group) is 1. The van der Waals surface area contributed by atoms with Gasteiger partial charge in [0, 0.05) is 40.8 Å². The molecule has 0 radical (unpaired) electrons. The summed E-state index contributed by atoms with van der Waals surface area (Å²) in [5.41, 5.74) is 2.52. The van der Waals surface area contributed by atoms with Crippen molar-refractivity contribution in [1.29, 1.82) is 0 Å². The van der Waals surface area contributed by atoms with Crippen molar-refractivity contribution in [2.24, 2.45) is 4.99 Å². The van der Waals surface area contributed by atoms with Gasteiger partial charge in [0.25, 0.3) is 0 Å². The van der Waals surface area contributed by atoms with Gasteiger partial charge in [-0.2, -0.15) is 0 Å². The zero-order chi connectivity index (χ0) is 21.5. The van der Waals surface area contributed by atoms with E-state index in [0.29, 0.717) is 6.61 Å². The Labute approximate surface area is 181 Å². The monoisotopic (exact) mass is 415 g/mol. The number of hydrogen-bond acceptors (Lipinski definition) is 4. The van der Waals surface area contributed by atoms with Gasteiger partial charge in [-0.25, -0.2) is 0 Å². The first-order valence-electron chi connectivity index (χ1n) is 11.1. The Kier molecular flexibility index (Phi) is 8.10. The molecule has 1 aromatic rings. The zero-order valence-corrected chi connectivity index (χ0v) is 18.9. The Morgan fingerprint density at radius 1 is 1.30 bits per heavy atom. The van der Waals surface area contributed by atoms with Crippen molar-refractivity contribution in [3.05, 3.63) is 35.4 Å². The predicted octanol–water partition coefficient (Wildman–Crippen LogP) is 1.89. The standard InChI is InChI=1S/C23H37N5O2/c1-18-9-5-6-10-19(18)21-17-28(15-16-30-21)23(24-2)25-12-8-14-27-13-7-11-20(27)22(29)26(3)4/h5-6,9-10,20-21H,7-8,11-17H2,1-4H3,(H,24,25). The number of aryl methyl sites for hydroxylation is 1. The lowest BCUT2D eigenvalue weighted by molar-refractivity contribution is -0.133. The van der Waals surface area contributed by atoms with Crippen LogP contribution in [0.3, 0.4) is 0 Å². The van der Waals surface area contributed by atoms with Gasteiger partial charge in [-0.1, -0.05) is 24.3 Å². The fourth-order valence-electron chi connectivity index (χ4n) is 4.46. The summed E-state index contributed by atoms with van der Waals surface area (Å²) in [7, 11) is 5.53. The van der Waals surface area contributed by atoms with E-state index in [1.165, 1.54) is 11.1 Å². The van der Waals surface area contributed by atoms with Crippen LogP contribution in [0.25, 0.3) is 0 Å². The maximum Gasteiger partial charge on any atom is 0.239 e. The summed E-state index contributed by atoms with van der Waals surface area (Å²) in [6.45, 7) is 7.27. The molecule has 30 heavy (non-hydrogen) atoms. The van der Waals surface area contributed by atoms with Gasteiger partial charge in [-0.05, 0) is 43.9 Å². The number of ether oxygens (including phenoxy) is 1. The molecule has 1 aromatic carbocycles. The van der Waals surface area contributed by atoms with Crippen molar-refractivity contribution in [3.63, 3.8) is 0 Å². The quantitative estimate of drug-likeness (QED) is 0.437. The molecular weight excluding hydrogens is 378 g/mol. The van der Waals surface area contributed by atoms with Gasteiger partial charge in [0.15, 0.2) is 5.96 Å². The number of hydrogen-bond donors (Lipinski definition) is 1. The van der Waals surface area contributed by atoms with E-state index in [1.807, 2.05) is 21.1 Å². The molecule has 2 saturated heterocycles. The summed E-state index contributed by atoms with van der Waals surface area (Å²) >= 11 is 0. The molecule has 2 unspecified atom stereocenters. The number of amides is 1. The van der Waals surface area contributed by atoms with Gasteiger partial charge in [0.2, 0.25) is 5.91 Å².